The second-order valence-electron chi connectivity index (χ2n) is 4.16. The molecule has 1 rings (SSSR count). The van der Waals surface area contributed by atoms with Crippen molar-refractivity contribution in [3.8, 4) is 0 Å². The highest BCUT2D eigenvalue weighted by Gasteiger charge is 2.05. The Kier molecular flexibility index (Phi) is 7.28. The van der Waals surface area contributed by atoms with E-state index < -0.39 is 6.10 Å². The highest BCUT2D eigenvalue weighted by molar-refractivity contribution is 7.99. The van der Waals surface area contributed by atoms with Gasteiger partial charge in [0.2, 0.25) is 0 Å². The first kappa shape index (κ1) is 14.5. The van der Waals surface area contributed by atoms with E-state index in [2.05, 4.69) is 4.90 Å². The molecule has 1 N–H and O–H groups in total. The first-order chi connectivity index (χ1) is 8.18. The molecule has 0 bridgehead atoms. The number of aliphatic hydroxyl groups is 1. The fraction of sp³-hybridized carbons (Fsp3) is 0.538. The number of thioether (sulfide) groups is 1. The van der Waals surface area contributed by atoms with Crippen molar-refractivity contribution in [2.45, 2.75) is 11.0 Å². The zero-order valence-corrected chi connectivity index (χ0v) is 11.3. The maximum Gasteiger partial charge on any atom is 0.0867 e. The third-order valence-electron chi connectivity index (χ3n) is 2.18. The number of ether oxygens (including phenoxy) is 1. The highest BCUT2D eigenvalue weighted by Crippen LogP contribution is 2.17. The molecule has 96 valence electrons. The summed E-state index contributed by atoms with van der Waals surface area (Å²) in [5, 5.41) is 9.72. The molecular formula is C13H21NO2S. The quantitative estimate of drug-likeness (QED) is 0.566. The molecule has 1 atom stereocenters. The van der Waals surface area contributed by atoms with Crippen molar-refractivity contribution in [3.05, 3.63) is 30.3 Å². The van der Waals surface area contributed by atoms with Crippen molar-refractivity contribution in [1.29, 1.82) is 0 Å². The van der Waals surface area contributed by atoms with Gasteiger partial charge in [0.15, 0.2) is 0 Å². The smallest absolute Gasteiger partial charge is 0.0867 e. The van der Waals surface area contributed by atoms with Crippen LogP contribution in [0, 0.1) is 0 Å². The second-order valence-corrected chi connectivity index (χ2v) is 5.25. The van der Waals surface area contributed by atoms with Gasteiger partial charge in [0.05, 0.1) is 19.3 Å². The molecule has 0 aliphatic carbocycles. The molecule has 0 aliphatic heterocycles. The molecule has 0 aliphatic rings. The zero-order valence-electron chi connectivity index (χ0n) is 10.5. The number of hydrogen-bond acceptors (Lipinski definition) is 4. The van der Waals surface area contributed by atoms with Crippen LogP contribution in [0.4, 0.5) is 0 Å². The van der Waals surface area contributed by atoms with Gasteiger partial charge in [-0.1, -0.05) is 18.2 Å². The van der Waals surface area contributed by atoms with Crippen molar-refractivity contribution in [1.82, 2.24) is 4.90 Å². The Hall–Kier alpha value is -0.550. The minimum Gasteiger partial charge on any atom is -0.390 e. The minimum atomic E-state index is -0.401. The van der Waals surface area contributed by atoms with Crippen LogP contribution in [0.2, 0.25) is 0 Å². The van der Waals surface area contributed by atoms with Crippen LogP contribution in [0.25, 0.3) is 0 Å². The number of likely N-dealkylation sites (N-methyl/N-ethyl adjacent to an activating group) is 1. The van der Waals surface area contributed by atoms with Gasteiger partial charge in [0.1, 0.15) is 0 Å². The Morgan fingerprint density at radius 3 is 2.65 bits per heavy atom. The lowest BCUT2D eigenvalue weighted by molar-refractivity contribution is 0.0424. The lowest BCUT2D eigenvalue weighted by atomic mass is 10.4. The maximum atomic E-state index is 9.72. The van der Waals surface area contributed by atoms with E-state index in [0.29, 0.717) is 19.0 Å². The predicted octanol–water partition coefficient (Wildman–Crippen LogP) is 1.72. The molecular weight excluding hydrogens is 234 g/mol. The van der Waals surface area contributed by atoms with Crippen LogP contribution in [0.15, 0.2) is 35.2 Å². The molecule has 0 spiro atoms. The van der Waals surface area contributed by atoms with Gasteiger partial charge < -0.3 is 14.7 Å². The zero-order chi connectivity index (χ0) is 12.5. The first-order valence-electron chi connectivity index (χ1n) is 5.77. The molecule has 3 nitrogen and oxygen atoms in total. The molecule has 0 amide bonds. The summed E-state index contributed by atoms with van der Waals surface area (Å²) in [6.45, 7) is 1.96. The number of hydrogen-bond donors (Lipinski definition) is 1. The molecule has 1 aromatic carbocycles. The number of nitrogens with zero attached hydrogens (tertiary/aromatic N) is 1. The maximum absolute atomic E-state index is 9.72. The lowest BCUT2D eigenvalue weighted by Crippen LogP contribution is -2.23. The average molecular weight is 255 g/mol. The van der Waals surface area contributed by atoms with Gasteiger partial charge in [0, 0.05) is 17.2 Å². The molecule has 0 aromatic heterocycles. The van der Waals surface area contributed by atoms with Gasteiger partial charge in [-0.05, 0) is 26.2 Å². The Labute approximate surface area is 108 Å². The summed E-state index contributed by atoms with van der Waals surface area (Å²) in [6.07, 6.45) is -0.401. The second kappa shape index (κ2) is 8.53. The van der Waals surface area contributed by atoms with Crippen LogP contribution in [0.3, 0.4) is 0 Å². The summed E-state index contributed by atoms with van der Waals surface area (Å²) in [4.78, 5) is 3.24. The number of aliphatic hydroxyl groups excluding tert-OH is 1. The largest absolute Gasteiger partial charge is 0.390 e. The summed E-state index contributed by atoms with van der Waals surface area (Å²) >= 11 is 1.65. The molecule has 1 aromatic rings. The van der Waals surface area contributed by atoms with Crippen molar-refractivity contribution < 1.29 is 9.84 Å². The average Bonchev–Trinajstić information content (AvgIpc) is 2.33. The van der Waals surface area contributed by atoms with Gasteiger partial charge in [-0.3, -0.25) is 0 Å². The van der Waals surface area contributed by atoms with Crippen molar-refractivity contribution >= 4 is 11.8 Å². The monoisotopic (exact) mass is 255 g/mol. The lowest BCUT2D eigenvalue weighted by Gasteiger charge is -2.13. The van der Waals surface area contributed by atoms with E-state index in [9.17, 15) is 5.11 Å². The Bertz CT molecular complexity index is 293. The van der Waals surface area contributed by atoms with Crippen molar-refractivity contribution in [2.75, 3.05) is 39.6 Å². The van der Waals surface area contributed by atoms with Crippen molar-refractivity contribution in [2.24, 2.45) is 0 Å². The fourth-order valence-corrected chi connectivity index (χ4v) is 2.05. The SMILES string of the molecule is CN(C)CCOCC(O)CSc1ccccc1. The standard InChI is InChI=1S/C13H21NO2S/c1-14(2)8-9-16-10-12(15)11-17-13-6-4-3-5-7-13/h3-7,12,15H,8-11H2,1-2H3. The topological polar surface area (TPSA) is 32.7 Å². The molecule has 0 heterocycles. The Morgan fingerprint density at radius 1 is 1.29 bits per heavy atom. The van der Waals surface area contributed by atoms with Crippen LogP contribution >= 0.6 is 11.8 Å². The van der Waals surface area contributed by atoms with Gasteiger partial charge in [-0.25, -0.2) is 0 Å². The Balaban J connectivity index is 2.07. The van der Waals surface area contributed by atoms with Crippen LogP contribution < -0.4 is 0 Å². The van der Waals surface area contributed by atoms with Crippen LogP contribution in [0.1, 0.15) is 0 Å². The molecule has 1 unspecified atom stereocenters. The first-order valence-corrected chi connectivity index (χ1v) is 6.75. The van der Waals surface area contributed by atoms with Gasteiger partial charge >= 0.3 is 0 Å². The summed E-state index contributed by atoms with van der Waals surface area (Å²) in [5.74, 6) is 0.673. The predicted molar refractivity (Wildman–Crippen MR) is 72.5 cm³/mol. The molecule has 0 fully saturated rings. The van der Waals surface area contributed by atoms with E-state index in [1.165, 1.54) is 4.90 Å². The fourth-order valence-electron chi connectivity index (χ4n) is 1.22. The minimum absolute atomic E-state index is 0.401. The van der Waals surface area contributed by atoms with Gasteiger partial charge in [0.25, 0.3) is 0 Å². The summed E-state index contributed by atoms with van der Waals surface area (Å²) in [7, 11) is 4.01. The van der Waals surface area contributed by atoms with E-state index in [4.69, 9.17) is 4.74 Å². The molecule has 0 saturated heterocycles. The van der Waals surface area contributed by atoms with E-state index in [1.54, 1.807) is 11.8 Å². The normalized spacial score (nSPS) is 12.9. The number of rotatable bonds is 8. The van der Waals surface area contributed by atoms with E-state index in [-0.39, 0.29) is 0 Å². The van der Waals surface area contributed by atoms with E-state index in [0.717, 1.165) is 6.54 Å². The molecule has 0 saturated carbocycles. The summed E-state index contributed by atoms with van der Waals surface area (Å²) in [5.41, 5.74) is 0. The van der Waals surface area contributed by atoms with E-state index in [1.807, 2.05) is 44.4 Å². The van der Waals surface area contributed by atoms with Crippen LogP contribution in [-0.4, -0.2) is 55.7 Å². The van der Waals surface area contributed by atoms with Gasteiger partial charge in [-0.2, -0.15) is 0 Å². The van der Waals surface area contributed by atoms with Crippen LogP contribution in [-0.2, 0) is 4.74 Å². The molecule has 0 radical (unpaired) electrons. The number of benzene rings is 1. The highest BCUT2D eigenvalue weighted by atomic mass is 32.2. The third kappa shape index (κ3) is 7.39. The van der Waals surface area contributed by atoms with Crippen molar-refractivity contribution in [3.63, 3.8) is 0 Å². The Morgan fingerprint density at radius 2 is 2.00 bits per heavy atom. The summed E-state index contributed by atoms with van der Waals surface area (Å²) in [6, 6.07) is 10.1. The van der Waals surface area contributed by atoms with Gasteiger partial charge in [-0.15, -0.1) is 11.8 Å². The van der Waals surface area contributed by atoms with Crippen LogP contribution in [0.5, 0.6) is 0 Å². The molecule has 17 heavy (non-hydrogen) atoms. The molecule has 4 heteroatoms. The van der Waals surface area contributed by atoms with E-state index >= 15 is 0 Å². The third-order valence-corrected chi connectivity index (χ3v) is 3.34. The summed E-state index contributed by atoms with van der Waals surface area (Å²) < 4.78 is 5.39.